The second kappa shape index (κ2) is 5.95. The third-order valence-electron chi connectivity index (χ3n) is 3.70. The van der Waals surface area contributed by atoms with Crippen LogP contribution in [-0.2, 0) is 9.59 Å². The summed E-state index contributed by atoms with van der Waals surface area (Å²) < 4.78 is 0.909. The van der Waals surface area contributed by atoms with E-state index >= 15 is 0 Å². The molecule has 0 bridgehead atoms. The van der Waals surface area contributed by atoms with Gasteiger partial charge in [0.25, 0.3) is 0 Å². The monoisotopic (exact) mass is 338 g/mol. The molecule has 1 N–H and O–H groups in total. The van der Waals surface area contributed by atoms with Crippen molar-refractivity contribution in [3.05, 3.63) is 28.2 Å². The van der Waals surface area contributed by atoms with E-state index in [1.165, 1.54) is 0 Å². The molecule has 1 saturated heterocycles. The number of hydrogen-bond acceptors (Lipinski definition) is 2. The topological polar surface area (TPSA) is 49.4 Å². The predicted molar refractivity (Wildman–Crippen MR) is 82.6 cm³/mol. The predicted octanol–water partition coefficient (Wildman–Crippen LogP) is 2.64. The fraction of sp³-hybridized carbons (Fsp3) is 0.467. The second-order valence-electron chi connectivity index (χ2n) is 5.34. The van der Waals surface area contributed by atoms with Gasteiger partial charge in [-0.3, -0.25) is 9.59 Å². The standard InChI is InChI=1S/C15H19BrN2O2/c1-4-10(3)14-15(20)18(8-13(19)17-14)12-6-9(2)5-11(16)7-12/h5-7,10,14H,4,8H2,1-3H3,(H,17,19). The van der Waals surface area contributed by atoms with E-state index < -0.39 is 6.04 Å². The fourth-order valence-corrected chi connectivity index (χ4v) is 2.98. The zero-order valence-electron chi connectivity index (χ0n) is 11.9. The summed E-state index contributed by atoms with van der Waals surface area (Å²) in [5, 5.41) is 2.80. The molecule has 20 heavy (non-hydrogen) atoms. The zero-order valence-corrected chi connectivity index (χ0v) is 13.5. The van der Waals surface area contributed by atoms with E-state index in [0.29, 0.717) is 0 Å². The number of benzene rings is 1. The lowest BCUT2D eigenvalue weighted by Crippen LogP contribution is -2.60. The van der Waals surface area contributed by atoms with E-state index in [-0.39, 0.29) is 24.3 Å². The van der Waals surface area contributed by atoms with Crippen molar-refractivity contribution >= 4 is 33.4 Å². The van der Waals surface area contributed by atoms with Crippen LogP contribution in [0.4, 0.5) is 5.69 Å². The van der Waals surface area contributed by atoms with Gasteiger partial charge in [-0.25, -0.2) is 0 Å². The minimum Gasteiger partial charge on any atom is -0.342 e. The average molecular weight is 339 g/mol. The van der Waals surface area contributed by atoms with Crippen LogP contribution in [-0.4, -0.2) is 24.4 Å². The number of piperazine rings is 1. The Balaban J connectivity index is 2.34. The van der Waals surface area contributed by atoms with Crippen molar-refractivity contribution in [1.29, 1.82) is 0 Å². The van der Waals surface area contributed by atoms with E-state index in [0.717, 1.165) is 22.1 Å². The molecule has 0 aromatic heterocycles. The summed E-state index contributed by atoms with van der Waals surface area (Å²) in [5.74, 6) is -0.00789. The molecule has 2 atom stereocenters. The molecule has 1 fully saturated rings. The largest absolute Gasteiger partial charge is 0.342 e. The highest BCUT2D eigenvalue weighted by Crippen LogP contribution is 2.25. The van der Waals surface area contributed by atoms with E-state index in [4.69, 9.17) is 0 Å². The molecule has 0 aliphatic carbocycles. The highest BCUT2D eigenvalue weighted by atomic mass is 79.9. The molecule has 0 saturated carbocycles. The summed E-state index contributed by atoms with van der Waals surface area (Å²) in [5.41, 5.74) is 1.82. The summed E-state index contributed by atoms with van der Waals surface area (Å²) >= 11 is 3.43. The molecule has 1 aromatic carbocycles. The number of rotatable bonds is 3. The van der Waals surface area contributed by atoms with Gasteiger partial charge in [0.1, 0.15) is 12.6 Å². The molecule has 5 heteroatoms. The summed E-state index contributed by atoms with van der Waals surface area (Å²) in [6.45, 7) is 6.06. The van der Waals surface area contributed by atoms with E-state index in [2.05, 4.69) is 21.2 Å². The van der Waals surface area contributed by atoms with Crippen LogP contribution >= 0.6 is 15.9 Å². The van der Waals surface area contributed by atoms with Crippen molar-refractivity contribution in [2.45, 2.75) is 33.2 Å². The molecule has 1 aliphatic rings. The van der Waals surface area contributed by atoms with Gasteiger partial charge in [-0.15, -0.1) is 0 Å². The van der Waals surface area contributed by atoms with Gasteiger partial charge in [0.2, 0.25) is 11.8 Å². The number of carbonyl (C=O) groups is 2. The minimum atomic E-state index is -0.430. The summed E-state index contributed by atoms with van der Waals surface area (Å²) in [4.78, 5) is 26.0. The number of aryl methyl sites for hydroxylation is 1. The van der Waals surface area contributed by atoms with Gasteiger partial charge in [0.15, 0.2) is 0 Å². The minimum absolute atomic E-state index is 0.0311. The maximum atomic E-state index is 12.6. The molecule has 2 unspecified atom stereocenters. The van der Waals surface area contributed by atoms with Gasteiger partial charge in [-0.05, 0) is 36.6 Å². The van der Waals surface area contributed by atoms with Crippen LogP contribution in [0.3, 0.4) is 0 Å². The molecule has 4 nitrogen and oxygen atoms in total. The Morgan fingerprint density at radius 2 is 2.10 bits per heavy atom. The molecular formula is C15H19BrN2O2. The summed E-state index contributed by atoms with van der Waals surface area (Å²) in [6, 6.07) is 5.34. The highest BCUT2D eigenvalue weighted by Gasteiger charge is 2.36. The lowest BCUT2D eigenvalue weighted by atomic mass is 9.96. The van der Waals surface area contributed by atoms with Crippen molar-refractivity contribution < 1.29 is 9.59 Å². The van der Waals surface area contributed by atoms with Crippen molar-refractivity contribution in [1.82, 2.24) is 5.32 Å². The van der Waals surface area contributed by atoms with Crippen molar-refractivity contribution in [2.24, 2.45) is 5.92 Å². The number of nitrogens with one attached hydrogen (secondary N) is 1. The smallest absolute Gasteiger partial charge is 0.250 e. The molecule has 1 aliphatic heterocycles. The molecule has 2 rings (SSSR count). The first-order chi connectivity index (χ1) is 9.42. The van der Waals surface area contributed by atoms with Gasteiger partial charge >= 0.3 is 0 Å². The summed E-state index contributed by atoms with van der Waals surface area (Å²) in [6.07, 6.45) is 0.849. The Labute approximate surface area is 127 Å². The number of nitrogens with zero attached hydrogens (tertiary/aromatic N) is 1. The number of halogens is 1. The zero-order chi connectivity index (χ0) is 14.9. The number of anilines is 1. The quantitative estimate of drug-likeness (QED) is 0.920. The number of carbonyl (C=O) groups excluding carboxylic acids is 2. The number of hydrogen-bond donors (Lipinski definition) is 1. The molecular weight excluding hydrogens is 320 g/mol. The maximum Gasteiger partial charge on any atom is 0.250 e. The van der Waals surface area contributed by atoms with Crippen LogP contribution in [0.25, 0.3) is 0 Å². The van der Waals surface area contributed by atoms with Crippen molar-refractivity contribution in [3.63, 3.8) is 0 Å². The van der Waals surface area contributed by atoms with Crippen LogP contribution in [0.1, 0.15) is 25.8 Å². The lowest BCUT2D eigenvalue weighted by molar-refractivity contribution is -0.132. The van der Waals surface area contributed by atoms with E-state index in [9.17, 15) is 9.59 Å². The van der Waals surface area contributed by atoms with Gasteiger partial charge in [0.05, 0.1) is 0 Å². The Hall–Kier alpha value is -1.36. The van der Waals surface area contributed by atoms with Crippen LogP contribution in [0.15, 0.2) is 22.7 Å². The fourth-order valence-electron chi connectivity index (χ4n) is 2.38. The maximum absolute atomic E-state index is 12.6. The van der Waals surface area contributed by atoms with Crippen LogP contribution < -0.4 is 10.2 Å². The van der Waals surface area contributed by atoms with Crippen LogP contribution in [0.5, 0.6) is 0 Å². The third kappa shape index (κ3) is 3.03. The molecule has 108 valence electrons. The SMILES string of the molecule is CCC(C)C1NC(=O)CN(c2cc(C)cc(Br)c2)C1=O. The lowest BCUT2D eigenvalue weighted by Gasteiger charge is -2.35. The molecule has 0 radical (unpaired) electrons. The molecule has 1 heterocycles. The normalized spacial score (nSPS) is 20.8. The molecule has 0 spiro atoms. The van der Waals surface area contributed by atoms with E-state index in [1.54, 1.807) is 4.90 Å². The highest BCUT2D eigenvalue weighted by molar-refractivity contribution is 9.10. The Morgan fingerprint density at radius 1 is 1.40 bits per heavy atom. The van der Waals surface area contributed by atoms with Gasteiger partial charge in [-0.1, -0.05) is 36.2 Å². The Bertz CT molecular complexity index is 524. The summed E-state index contributed by atoms with van der Waals surface area (Å²) in [7, 11) is 0. The Morgan fingerprint density at radius 3 is 2.70 bits per heavy atom. The van der Waals surface area contributed by atoms with Gasteiger partial charge < -0.3 is 10.2 Å². The first-order valence-electron chi connectivity index (χ1n) is 6.80. The van der Waals surface area contributed by atoms with Crippen LogP contribution in [0, 0.1) is 12.8 Å². The molecule has 2 amide bonds. The van der Waals surface area contributed by atoms with Gasteiger partial charge in [-0.2, -0.15) is 0 Å². The van der Waals surface area contributed by atoms with Crippen LogP contribution in [0.2, 0.25) is 0 Å². The number of amides is 2. The van der Waals surface area contributed by atoms with E-state index in [1.807, 2.05) is 39.0 Å². The van der Waals surface area contributed by atoms with Crippen molar-refractivity contribution in [2.75, 3.05) is 11.4 Å². The van der Waals surface area contributed by atoms with Gasteiger partial charge in [0, 0.05) is 10.2 Å². The Kier molecular flexibility index (Phi) is 4.48. The first kappa shape index (κ1) is 15.0. The first-order valence-corrected chi connectivity index (χ1v) is 7.59. The molecule has 1 aromatic rings. The average Bonchev–Trinajstić information content (AvgIpc) is 2.39. The van der Waals surface area contributed by atoms with Crippen molar-refractivity contribution in [3.8, 4) is 0 Å². The third-order valence-corrected chi connectivity index (χ3v) is 4.16. The second-order valence-corrected chi connectivity index (χ2v) is 6.26.